The summed E-state index contributed by atoms with van der Waals surface area (Å²) in [4.78, 5) is 26.8. The molecule has 0 bridgehead atoms. The summed E-state index contributed by atoms with van der Waals surface area (Å²) < 4.78 is 11.0. The molecule has 0 aliphatic carbocycles. The zero-order valence-corrected chi connectivity index (χ0v) is 17.6. The molecule has 1 aromatic carbocycles. The van der Waals surface area contributed by atoms with Crippen molar-refractivity contribution in [3.63, 3.8) is 0 Å². The van der Waals surface area contributed by atoms with Gasteiger partial charge in [0.15, 0.2) is 0 Å². The lowest BCUT2D eigenvalue weighted by atomic mass is 10.1. The molecule has 1 aliphatic heterocycles. The number of nitro groups is 1. The van der Waals surface area contributed by atoms with Gasteiger partial charge in [-0.3, -0.25) is 19.8 Å². The number of likely N-dealkylation sites (tertiary alicyclic amines) is 1. The molecule has 8 nitrogen and oxygen atoms in total. The van der Waals surface area contributed by atoms with Gasteiger partial charge < -0.3 is 14.5 Å². The third kappa shape index (κ3) is 4.73. The van der Waals surface area contributed by atoms with Crippen molar-refractivity contribution >= 4 is 23.4 Å². The van der Waals surface area contributed by atoms with E-state index in [9.17, 15) is 14.9 Å². The van der Waals surface area contributed by atoms with Crippen LogP contribution in [-0.2, 0) is 0 Å². The summed E-state index contributed by atoms with van der Waals surface area (Å²) >= 11 is 1.37. The van der Waals surface area contributed by atoms with Gasteiger partial charge in [0.2, 0.25) is 0 Å². The molecule has 0 saturated carbocycles. The Labute approximate surface area is 173 Å². The molecule has 1 N–H and O–H groups in total. The maximum Gasteiger partial charge on any atom is 0.285 e. The standard InChI is InChI=1S/C20H25N3O5S/c1-13-6-7-17(28-13)16(22-8-4-5-9-22)12-21-20(24)14-10-19(29-3)18(27-2)11-15(14)23(25)26/h6-7,10-11,16H,4-5,8-9,12H2,1-3H3,(H,21,24). The number of hydrogen-bond acceptors (Lipinski definition) is 7. The van der Waals surface area contributed by atoms with E-state index < -0.39 is 10.8 Å². The van der Waals surface area contributed by atoms with Gasteiger partial charge in [0, 0.05) is 6.54 Å². The van der Waals surface area contributed by atoms with E-state index in [-0.39, 0.29) is 17.3 Å². The van der Waals surface area contributed by atoms with E-state index in [1.165, 1.54) is 31.0 Å². The van der Waals surface area contributed by atoms with Gasteiger partial charge in [-0.25, -0.2) is 0 Å². The van der Waals surface area contributed by atoms with Gasteiger partial charge in [0.25, 0.3) is 11.6 Å². The third-order valence-electron chi connectivity index (χ3n) is 5.07. The largest absolute Gasteiger partial charge is 0.495 e. The van der Waals surface area contributed by atoms with Gasteiger partial charge in [-0.2, -0.15) is 0 Å². The Balaban J connectivity index is 1.83. The van der Waals surface area contributed by atoms with Gasteiger partial charge in [0.1, 0.15) is 22.8 Å². The first-order chi connectivity index (χ1) is 13.9. The van der Waals surface area contributed by atoms with Gasteiger partial charge in [0.05, 0.1) is 29.0 Å². The summed E-state index contributed by atoms with van der Waals surface area (Å²) in [6.07, 6.45) is 4.03. The zero-order chi connectivity index (χ0) is 21.0. The van der Waals surface area contributed by atoms with Crippen LogP contribution in [-0.4, -0.2) is 48.7 Å². The van der Waals surface area contributed by atoms with Crippen LogP contribution in [0.15, 0.2) is 33.6 Å². The average Bonchev–Trinajstić information content (AvgIpc) is 3.39. The van der Waals surface area contributed by atoms with E-state index in [1.54, 1.807) is 0 Å². The van der Waals surface area contributed by atoms with Crippen LogP contribution in [0, 0.1) is 17.0 Å². The number of furan rings is 1. The van der Waals surface area contributed by atoms with Gasteiger partial charge >= 0.3 is 0 Å². The van der Waals surface area contributed by atoms with Crippen LogP contribution < -0.4 is 10.1 Å². The first-order valence-corrected chi connectivity index (χ1v) is 10.7. The second-order valence-corrected chi connectivity index (χ2v) is 7.75. The predicted molar refractivity (Wildman–Crippen MR) is 111 cm³/mol. The number of carbonyl (C=O) groups excluding carboxylic acids is 1. The first-order valence-electron chi connectivity index (χ1n) is 9.43. The van der Waals surface area contributed by atoms with Gasteiger partial charge in [-0.05, 0) is 57.3 Å². The van der Waals surface area contributed by atoms with E-state index in [0.717, 1.165) is 37.5 Å². The highest BCUT2D eigenvalue weighted by Crippen LogP contribution is 2.34. The van der Waals surface area contributed by atoms with Gasteiger partial charge in [-0.1, -0.05) is 0 Å². The highest BCUT2D eigenvalue weighted by Gasteiger charge is 2.28. The van der Waals surface area contributed by atoms with Gasteiger partial charge in [-0.15, -0.1) is 11.8 Å². The summed E-state index contributed by atoms with van der Waals surface area (Å²) in [7, 11) is 1.45. The number of aryl methyl sites for hydroxylation is 1. The Bertz CT molecular complexity index is 892. The number of rotatable bonds is 8. The first kappa shape index (κ1) is 21.2. The molecule has 0 spiro atoms. The third-order valence-corrected chi connectivity index (χ3v) is 5.83. The normalized spacial score (nSPS) is 15.3. The molecule has 1 unspecified atom stereocenters. The molecule has 1 aromatic heterocycles. The van der Waals surface area contributed by atoms with E-state index in [2.05, 4.69) is 10.2 Å². The van der Waals surface area contributed by atoms with Crippen LogP contribution in [0.3, 0.4) is 0 Å². The zero-order valence-electron chi connectivity index (χ0n) is 16.8. The lowest BCUT2D eigenvalue weighted by Crippen LogP contribution is -2.36. The molecule has 1 amide bonds. The molecule has 2 heterocycles. The Morgan fingerprint density at radius 3 is 2.66 bits per heavy atom. The molecule has 3 rings (SSSR count). The van der Waals surface area contributed by atoms with Crippen LogP contribution >= 0.6 is 11.8 Å². The molecule has 29 heavy (non-hydrogen) atoms. The Kier molecular flexibility index (Phi) is 6.81. The smallest absolute Gasteiger partial charge is 0.285 e. The second kappa shape index (κ2) is 9.32. The number of amides is 1. The number of nitrogens with zero attached hydrogens (tertiary/aromatic N) is 2. The molecule has 1 fully saturated rings. The van der Waals surface area contributed by atoms with E-state index in [0.29, 0.717) is 17.2 Å². The van der Waals surface area contributed by atoms with Crippen LogP contribution in [0.25, 0.3) is 0 Å². The Morgan fingerprint density at radius 2 is 2.10 bits per heavy atom. The molecular formula is C20H25N3O5S. The lowest BCUT2D eigenvalue weighted by Gasteiger charge is -2.26. The summed E-state index contributed by atoms with van der Waals surface area (Å²) in [5.74, 6) is 1.49. The molecular weight excluding hydrogens is 394 g/mol. The van der Waals surface area contributed by atoms with Crippen molar-refractivity contribution in [3.8, 4) is 5.75 Å². The number of ether oxygens (including phenoxy) is 1. The maximum atomic E-state index is 12.9. The number of methoxy groups -OCH3 is 1. The Hall–Kier alpha value is -2.52. The predicted octanol–water partition coefficient (Wildman–Crippen LogP) is 3.79. The topological polar surface area (TPSA) is 97.8 Å². The molecule has 1 atom stereocenters. The molecule has 9 heteroatoms. The number of benzene rings is 1. The van der Waals surface area contributed by atoms with Crippen LogP contribution in [0.1, 0.15) is 40.8 Å². The monoisotopic (exact) mass is 419 g/mol. The number of carbonyl (C=O) groups is 1. The fraction of sp³-hybridized carbons (Fsp3) is 0.450. The van der Waals surface area contributed by atoms with Crippen molar-refractivity contribution < 1.29 is 18.9 Å². The van der Waals surface area contributed by atoms with Crippen LogP contribution in [0.5, 0.6) is 5.75 Å². The van der Waals surface area contributed by atoms with E-state index in [4.69, 9.17) is 9.15 Å². The molecule has 2 aromatic rings. The highest BCUT2D eigenvalue weighted by atomic mass is 32.2. The minimum Gasteiger partial charge on any atom is -0.495 e. The SMILES string of the molecule is COc1cc([N+](=O)[O-])c(C(=O)NCC(c2ccc(C)o2)N2CCCC2)cc1SC. The van der Waals surface area contributed by atoms with Crippen LogP contribution in [0.4, 0.5) is 5.69 Å². The summed E-state index contributed by atoms with van der Waals surface area (Å²) in [5, 5.41) is 14.4. The van der Waals surface area contributed by atoms with E-state index >= 15 is 0 Å². The highest BCUT2D eigenvalue weighted by molar-refractivity contribution is 7.98. The number of thioether (sulfide) groups is 1. The van der Waals surface area contributed by atoms with Crippen molar-refractivity contribution in [2.75, 3.05) is 33.0 Å². The maximum absolute atomic E-state index is 12.9. The summed E-state index contributed by atoms with van der Waals surface area (Å²) in [6.45, 7) is 4.05. The quantitative estimate of drug-likeness (QED) is 0.395. The second-order valence-electron chi connectivity index (χ2n) is 6.90. The van der Waals surface area contributed by atoms with Crippen molar-refractivity contribution in [3.05, 3.63) is 51.5 Å². The van der Waals surface area contributed by atoms with Crippen molar-refractivity contribution in [1.29, 1.82) is 0 Å². The minimum atomic E-state index is -0.560. The fourth-order valence-corrected chi connectivity index (χ4v) is 4.16. The average molecular weight is 420 g/mol. The summed E-state index contributed by atoms with van der Waals surface area (Å²) in [5.41, 5.74) is -0.250. The number of hydrogen-bond donors (Lipinski definition) is 1. The number of nitrogens with one attached hydrogen (secondary N) is 1. The fourth-order valence-electron chi connectivity index (χ4n) is 3.58. The molecule has 0 radical (unpaired) electrons. The minimum absolute atomic E-state index is 0.0240. The van der Waals surface area contributed by atoms with E-state index in [1.807, 2.05) is 25.3 Å². The summed E-state index contributed by atoms with van der Waals surface area (Å²) in [6, 6.07) is 6.53. The van der Waals surface area contributed by atoms with Crippen molar-refractivity contribution in [2.45, 2.75) is 30.7 Å². The van der Waals surface area contributed by atoms with Crippen LogP contribution in [0.2, 0.25) is 0 Å². The molecule has 1 aliphatic rings. The lowest BCUT2D eigenvalue weighted by molar-refractivity contribution is -0.385. The van der Waals surface area contributed by atoms with Crippen molar-refractivity contribution in [2.24, 2.45) is 0 Å². The Morgan fingerprint density at radius 1 is 1.38 bits per heavy atom. The molecule has 156 valence electrons. The number of nitro benzene ring substituents is 1. The molecule has 1 saturated heterocycles. The van der Waals surface area contributed by atoms with Crippen molar-refractivity contribution in [1.82, 2.24) is 10.2 Å².